The fourth-order valence-electron chi connectivity index (χ4n) is 2.64. The van der Waals surface area contributed by atoms with Gasteiger partial charge in [-0.3, -0.25) is 4.79 Å². The molecule has 1 atom stereocenters. The van der Waals surface area contributed by atoms with Crippen LogP contribution < -0.4 is 0 Å². The van der Waals surface area contributed by atoms with Crippen LogP contribution in [0.4, 0.5) is 0 Å². The Balaban J connectivity index is 2.10. The van der Waals surface area contributed by atoms with Crippen LogP contribution in [0, 0.1) is 0 Å². The molecule has 0 aromatic heterocycles. The van der Waals surface area contributed by atoms with E-state index in [-0.39, 0.29) is 11.8 Å². The molecule has 1 fully saturated rings. The Bertz CT molecular complexity index is 571. The van der Waals surface area contributed by atoms with Crippen LogP contribution in [0.3, 0.4) is 0 Å². The van der Waals surface area contributed by atoms with E-state index in [9.17, 15) is 4.79 Å². The number of halogens is 2. The van der Waals surface area contributed by atoms with E-state index in [1.807, 2.05) is 4.90 Å². The molecule has 2 aliphatic heterocycles. The molecule has 94 valence electrons. The van der Waals surface area contributed by atoms with E-state index in [1.54, 1.807) is 12.1 Å². The molecule has 6 heteroatoms. The van der Waals surface area contributed by atoms with Crippen LogP contribution in [0.25, 0.3) is 0 Å². The maximum absolute atomic E-state index is 12.3. The molecule has 18 heavy (non-hydrogen) atoms. The topological polar surface area (TPSA) is 52.9 Å². The van der Waals surface area contributed by atoms with Crippen LogP contribution in [0.15, 0.2) is 17.3 Å². The Morgan fingerprint density at radius 2 is 2.06 bits per heavy atom. The molecule has 4 nitrogen and oxygen atoms in total. The lowest BCUT2D eigenvalue weighted by Crippen LogP contribution is -2.42. The number of fused-ring (bicyclic) bond motifs is 2. The minimum absolute atomic E-state index is 0.0217. The molecule has 1 saturated heterocycles. The molecule has 2 heterocycles. The minimum atomic E-state index is -0.236. The van der Waals surface area contributed by atoms with E-state index < -0.39 is 0 Å². The molecule has 1 aromatic rings. The fraction of sp³-hybridized carbons (Fsp3) is 0.333. The third-order valence-electron chi connectivity index (χ3n) is 3.52. The lowest BCUT2D eigenvalue weighted by atomic mass is 9.93. The highest BCUT2D eigenvalue weighted by molar-refractivity contribution is 6.42. The minimum Gasteiger partial charge on any atom is -0.409 e. The number of ketones is 1. The molecule has 1 unspecified atom stereocenters. The smallest absolute Gasteiger partial charge is 0.185 e. The van der Waals surface area contributed by atoms with Crippen molar-refractivity contribution in [3.05, 3.63) is 33.3 Å². The molecule has 0 bridgehead atoms. The normalized spacial score (nSPS) is 24.3. The van der Waals surface area contributed by atoms with Gasteiger partial charge in [0, 0.05) is 18.5 Å². The van der Waals surface area contributed by atoms with Gasteiger partial charge in [0.05, 0.1) is 16.1 Å². The quantitative estimate of drug-likeness (QED) is 0.589. The third kappa shape index (κ3) is 1.60. The first kappa shape index (κ1) is 11.8. The lowest BCUT2D eigenvalue weighted by molar-refractivity contribution is 0.0872. The van der Waals surface area contributed by atoms with Crippen molar-refractivity contribution in [3.8, 4) is 0 Å². The van der Waals surface area contributed by atoms with Gasteiger partial charge in [-0.25, -0.2) is 0 Å². The summed E-state index contributed by atoms with van der Waals surface area (Å²) in [5.41, 5.74) is 1.46. The highest BCUT2D eigenvalue weighted by Crippen LogP contribution is 2.35. The zero-order valence-corrected chi connectivity index (χ0v) is 10.9. The summed E-state index contributed by atoms with van der Waals surface area (Å²) < 4.78 is 0. The van der Waals surface area contributed by atoms with Gasteiger partial charge in [-0.15, -0.1) is 0 Å². The Kier molecular flexibility index (Phi) is 2.72. The van der Waals surface area contributed by atoms with Gasteiger partial charge in [-0.05, 0) is 24.1 Å². The Morgan fingerprint density at radius 3 is 2.78 bits per heavy atom. The number of nitrogens with zero attached hydrogens (tertiary/aromatic N) is 2. The van der Waals surface area contributed by atoms with Gasteiger partial charge in [0.2, 0.25) is 0 Å². The predicted molar refractivity (Wildman–Crippen MR) is 68.6 cm³/mol. The molecule has 0 amide bonds. The summed E-state index contributed by atoms with van der Waals surface area (Å²) in [6, 6.07) is 3.11. The van der Waals surface area contributed by atoms with E-state index in [1.165, 1.54) is 0 Å². The molecule has 0 spiro atoms. The van der Waals surface area contributed by atoms with Crippen molar-refractivity contribution in [3.63, 3.8) is 0 Å². The number of amidine groups is 1. The van der Waals surface area contributed by atoms with Crippen molar-refractivity contribution >= 4 is 34.8 Å². The first-order valence-corrected chi connectivity index (χ1v) is 6.37. The van der Waals surface area contributed by atoms with Gasteiger partial charge in [0.15, 0.2) is 5.78 Å². The van der Waals surface area contributed by atoms with Crippen molar-refractivity contribution in [2.45, 2.75) is 25.4 Å². The maximum Gasteiger partial charge on any atom is 0.185 e. The number of hydrogen-bond donors (Lipinski definition) is 1. The van der Waals surface area contributed by atoms with E-state index in [0.717, 1.165) is 5.56 Å². The summed E-state index contributed by atoms with van der Waals surface area (Å²) in [6.07, 6.45) is 1.29. The van der Waals surface area contributed by atoms with Crippen LogP contribution in [-0.4, -0.2) is 27.8 Å². The zero-order chi connectivity index (χ0) is 12.9. The summed E-state index contributed by atoms with van der Waals surface area (Å²) in [6.45, 7) is 0.530. The van der Waals surface area contributed by atoms with Crippen LogP contribution in [0.1, 0.15) is 28.8 Å². The van der Waals surface area contributed by atoms with Crippen LogP contribution >= 0.6 is 23.2 Å². The van der Waals surface area contributed by atoms with E-state index in [2.05, 4.69) is 5.16 Å². The highest BCUT2D eigenvalue weighted by atomic mass is 35.5. The second-order valence-corrected chi connectivity index (χ2v) is 5.30. The summed E-state index contributed by atoms with van der Waals surface area (Å²) in [4.78, 5) is 14.2. The zero-order valence-electron chi connectivity index (χ0n) is 9.36. The lowest BCUT2D eigenvalue weighted by Gasteiger charge is -2.31. The van der Waals surface area contributed by atoms with E-state index in [0.29, 0.717) is 40.8 Å². The predicted octanol–water partition coefficient (Wildman–Crippen LogP) is 2.94. The average molecular weight is 285 g/mol. The summed E-state index contributed by atoms with van der Waals surface area (Å²) in [5.74, 6) is 0.582. The van der Waals surface area contributed by atoms with Crippen molar-refractivity contribution in [2.24, 2.45) is 5.16 Å². The van der Waals surface area contributed by atoms with Gasteiger partial charge in [-0.1, -0.05) is 28.4 Å². The van der Waals surface area contributed by atoms with Crippen molar-refractivity contribution in [2.75, 3.05) is 0 Å². The highest BCUT2D eigenvalue weighted by Gasteiger charge is 2.40. The summed E-state index contributed by atoms with van der Waals surface area (Å²) >= 11 is 11.9. The monoisotopic (exact) mass is 284 g/mol. The third-order valence-corrected chi connectivity index (χ3v) is 4.24. The van der Waals surface area contributed by atoms with E-state index >= 15 is 0 Å². The number of carbonyl (C=O) groups is 1. The second kappa shape index (κ2) is 4.14. The number of hydrogen-bond acceptors (Lipinski definition) is 3. The summed E-state index contributed by atoms with van der Waals surface area (Å²) in [7, 11) is 0. The van der Waals surface area contributed by atoms with Crippen LogP contribution in [-0.2, 0) is 6.54 Å². The van der Waals surface area contributed by atoms with Crippen molar-refractivity contribution in [1.82, 2.24) is 4.90 Å². The Labute approximate surface area is 114 Å². The van der Waals surface area contributed by atoms with Crippen LogP contribution in [0.2, 0.25) is 10.0 Å². The Morgan fingerprint density at radius 1 is 1.33 bits per heavy atom. The largest absolute Gasteiger partial charge is 0.409 e. The summed E-state index contributed by atoms with van der Waals surface area (Å²) in [5, 5.41) is 13.0. The van der Waals surface area contributed by atoms with Gasteiger partial charge in [0.1, 0.15) is 5.84 Å². The standard InChI is InChI=1S/C12H10Cl2N2O2/c13-8-3-6-5-16-10(1-2-11(16)15-18)12(17)7(6)4-9(8)14/h3-4,10,18H,1-2,5H2/b15-11+. The van der Waals surface area contributed by atoms with E-state index in [4.69, 9.17) is 28.4 Å². The second-order valence-electron chi connectivity index (χ2n) is 4.49. The SMILES string of the molecule is O=C1c2cc(Cl)c(Cl)cc2CN2/C(=N/O)CCC12. The van der Waals surface area contributed by atoms with Gasteiger partial charge >= 0.3 is 0 Å². The first-order chi connectivity index (χ1) is 8.61. The maximum atomic E-state index is 12.3. The van der Waals surface area contributed by atoms with Gasteiger partial charge in [-0.2, -0.15) is 0 Å². The van der Waals surface area contributed by atoms with Crippen molar-refractivity contribution < 1.29 is 10.0 Å². The molecule has 3 rings (SSSR count). The molecular formula is C12H10Cl2N2O2. The number of oxime groups is 1. The Hall–Kier alpha value is -1.26. The molecule has 0 aliphatic carbocycles. The molecular weight excluding hydrogens is 275 g/mol. The number of carbonyl (C=O) groups excluding carboxylic acids is 1. The first-order valence-electron chi connectivity index (χ1n) is 5.61. The number of rotatable bonds is 0. The fourth-order valence-corrected chi connectivity index (χ4v) is 2.99. The average Bonchev–Trinajstić information content (AvgIpc) is 2.75. The van der Waals surface area contributed by atoms with Gasteiger partial charge < -0.3 is 10.1 Å². The molecule has 2 aliphatic rings. The number of Topliss-reactive ketones (excluding diaryl/α,β-unsaturated/α-hetero) is 1. The van der Waals surface area contributed by atoms with Crippen LogP contribution in [0.5, 0.6) is 0 Å². The molecule has 0 saturated carbocycles. The molecule has 1 N–H and O–H groups in total. The molecule has 1 aromatic carbocycles. The number of benzene rings is 1. The van der Waals surface area contributed by atoms with Crippen molar-refractivity contribution in [1.29, 1.82) is 0 Å². The molecule has 0 radical (unpaired) electrons. The van der Waals surface area contributed by atoms with Gasteiger partial charge in [0.25, 0.3) is 0 Å².